The highest BCUT2D eigenvalue weighted by atomic mass is 35.5. The van der Waals surface area contributed by atoms with E-state index in [4.69, 9.17) is 11.6 Å². The molecule has 0 unspecified atom stereocenters. The molecule has 0 saturated carbocycles. The number of nitro benzene ring substituents is 1. The Labute approximate surface area is 133 Å². The first-order valence-corrected chi connectivity index (χ1v) is 8.06. The maximum atomic E-state index is 10.9. The number of nitro groups is 1. The van der Waals surface area contributed by atoms with Crippen LogP contribution in [0.5, 0.6) is 0 Å². The summed E-state index contributed by atoms with van der Waals surface area (Å²) in [5, 5.41) is 11.0. The van der Waals surface area contributed by atoms with E-state index >= 15 is 0 Å². The molecular formula is C16H16ClNO2S. The number of hydrogen-bond acceptors (Lipinski definition) is 3. The third kappa shape index (κ3) is 4.48. The predicted molar refractivity (Wildman–Crippen MR) is 89.0 cm³/mol. The van der Waals surface area contributed by atoms with Gasteiger partial charge in [-0.15, -0.1) is 0 Å². The largest absolute Gasteiger partial charge is 0.288 e. The summed E-state index contributed by atoms with van der Waals surface area (Å²) in [5.41, 5.74) is 4.68. The Morgan fingerprint density at radius 3 is 2.29 bits per heavy atom. The SMILES string of the molecule is Cc1cc(C)cc(CSCc2ccc(Cl)c([N+](=O)[O-])c2)c1. The Hall–Kier alpha value is -1.52. The van der Waals surface area contributed by atoms with E-state index in [-0.39, 0.29) is 10.7 Å². The molecule has 0 aliphatic rings. The van der Waals surface area contributed by atoms with Gasteiger partial charge in [0.25, 0.3) is 5.69 Å². The highest BCUT2D eigenvalue weighted by Crippen LogP contribution is 2.27. The molecule has 0 aromatic heterocycles. The lowest BCUT2D eigenvalue weighted by Gasteiger charge is -2.06. The molecular weight excluding hydrogens is 306 g/mol. The third-order valence-electron chi connectivity index (χ3n) is 3.03. The van der Waals surface area contributed by atoms with Crippen molar-refractivity contribution in [3.63, 3.8) is 0 Å². The molecule has 5 heteroatoms. The number of thioether (sulfide) groups is 1. The van der Waals surface area contributed by atoms with Crippen molar-refractivity contribution in [3.8, 4) is 0 Å². The lowest BCUT2D eigenvalue weighted by molar-refractivity contribution is -0.384. The molecule has 0 atom stereocenters. The standard InChI is InChI=1S/C16H16ClNO2S/c1-11-5-12(2)7-14(6-11)10-21-9-13-3-4-15(17)16(8-13)18(19)20/h3-8H,9-10H2,1-2H3. The summed E-state index contributed by atoms with van der Waals surface area (Å²) in [6.07, 6.45) is 0. The fraction of sp³-hybridized carbons (Fsp3) is 0.250. The van der Waals surface area contributed by atoms with E-state index in [9.17, 15) is 10.1 Å². The molecule has 0 amide bonds. The zero-order chi connectivity index (χ0) is 15.4. The topological polar surface area (TPSA) is 43.1 Å². The van der Waals surface area contributed by atoms with Crippen LogP contribution in [-0.2, 0) is 11.5 Å². The summed E-state index contributed by atoms with van der Waals surface area (Å²) in [5.74, 6) is 1.62. The number of rotatable bonds is 5. The van der Waals surface area contributed by atoms with Crippen LogP contribution in [0.2, 0.25) is 5.02 Å². The number of halogens is 1. The monoisotopic (exact) mass is 321 g/mol. The van der Waals surface area contributed by atoms with Gasteiger partial charge in [0.15, 0.2) is 0 Å². The van der Waals surface area contributed by atoms with Crippen LogP contribution in [0.15, 0.2) is 36.4 Å². The van der Waals surface area contributed by atoms with Crippen LogP contribution in [0.1, 0.15) is 22.3 Å². The first kappa shape index (κ1) is 15.9. The van der Waals surface area contributed by atoms with E-state index in [0.29, 0.717) is 0 Å². The molecule has 2 aromatic rings. The van der Waals surface area contributed by atoms with Crippen molar-refractivity contribution in [3.05, 3.63) is 73.8 Å². The second kappa shape index (κ2) is 6.96. The van der Waals surface area contributed by atoms with Gasteiger partial charge in [-0.25, -0.2) is 0 Å². The van der Waals surface area contributed by atoms with Gasteiger partial charge in [0.2, 0.25) is 0 Å². The quantitative estimate of drug-likeness (QED) is 0.554. The maximum Gasteiger partial charge on any atom is 0.288 e. The minimum Gasteiger partial charge on any atom is -0.258 e. The molecule has 0 radical (unpaired) electrons. The summed E-state index contributed by atoms with van der Waals surface area (Å²) in [6, 6.07) is 11.5. The van der Waals surface area contributed by atoms with Gasteiger partial charge >= 0.3 is 0 Å². The van der Waals surface area contributed by atoms with E-state index in [1.165, 1.54) is 16.7 Å². The van der Waals surface area contributed by atoms with Gasteiger partial charge in [-0.1, -0.05) is 47.0 Å². The molecule has 0 N–H and O–H groups in total. The van der Waals surface area contributed by atoms with Crippen LogP contribution in [0.4, 0.5) is 5.69 Å². The molecule has 0 fully saturated rings. The molecule has 0 aliphatic carbocycles. The second-order valence-electron chi connectivity index (χ2n) is 5.03. The Morgan fingerprint density at radius 2 is 1.67 bits per heavy atom. The Balaban J connectivity index is 2.00. The average Bonchev–Trinajstić information content (AvgIpc) is 2.39. The van der Waals surface area contributed by atoms with Crippen LogP contribution < -0.4 is 0 Å². The zero-order valence-corrected chi connectivity index (χ0v) is 13.5. The van der Waals surface area contributed by atoms with Gasteiger partial charge in [0, 0.05) is 17.6 Å². The summed E-state index contributed by atoms with van der Waals surface area (Å²) in [6.45, 7) is 4.17. The first-order chi connectivity index (χ1) is 9.95. The minimum atomic E-state index is -0.444. The summed E-state index contributed by atoms with van der Waals surface area (Å²) in [7, 11) is 0. The molecule has 0 aliphatic heterocycles. The molecule has 21 heavy (non-hydrogen) atoms. The van der Waals surface area contributed by atoms with E-state index in [0.717, 1.165) is 17.1 Å². The Morgan fingerprint density at radius 1 is 1.05 bits per heavy atom. The van der Waals surface area contributed by atoms with Crippen LogP contribution in [0.3, 0.4) is 0 Å². The van der Waals surface area contributed by atoms with Gasteiger partial charge in [0.1, 0.15) is 5.02 Å². The van der Waals surface area contributed by atoms with E-state index in [1.807, 2.05) is 6.07 Å². The van der Waals surface area contributed by atoms with Crippen LogP contribution in [0.25, 0.3) is 0 Å². The van der Waals surface area contributed by atoms with E-state index in [1.54, 1.807) is 23.9 Å². The van der Waals surface area contributed by atoms with Gasteiger partial charge in [0.05, 0.1) is 4.92 Å². The number of hydrogen-bond donors (Lipinski definition) is 0. The average molecular weight is 322 g/mol. The zero-order valence-electron chi connectivity index (χ0n) is 11.9. The normalized spacial score (nSPS) is 10.6. The van der Waals surface area contributed by atoms with Crippen molar-refractivity contribution in [2.24, 2.45) is 0 Å². The van der Waals surface area contributed by atoms with Crippen molar-refractivity contribution in [2.45, 2.75) is 25.4 Å². The van der Waals surface area contributed by atoms with E-state index in [2.05, 4.69) is 32.0 Å². The Bertz CT molecular complexity index is 653. The fourth-order valence-electron chi connectivity index (χ4n) is 2.23. The molecule has 110 valence electrons. The highest BCUT2D eigenvalue weighted by molar-refractivity contribution is 7.97. The van der Waals surface area contributed by atoms with Gasteiger partial charge in [-0.2, -0.15) is 11.8 Å². The minimum absolute atomic E-state index is 0.0267. The number of benzene rings is 2. The van der Waals surface area contributed by atoms with Crippen molar-refractivity contribution in [2.75, 3.05) is 0 Å². The smallest absolute Gasteiger partial charge is 0.258 e. The van der Waals surface area contributed by atoms with Crippen molar-refractivity contribution < 1.29 is 4.92 Å². The van der Waals surface area contributed by atoms with Gasteiger partial charge in [-0.3, -0.25) is 10.1 Å². The molecule has 0 saturated heterocycles. The molecule has 3 nitrogen and oxygen atoms in total. The number of aryl methyl sites for hydroxylation is 2. The van der Waals surface area contributed by atoms with Crippen LogP contribution >= 0.6 is 23.4 Å². The molecule has 0 spiro atoms. The summed E-state index contributed by atoms with van der Waals surface area (Å²) < 4.78 is 0. The highest BCUT2D eigenvalue weighted by Gasteiger charge is 2.12. The maximum absolute atomic E-state index is 10.9. The second-order valence-corrected chi connectivity index (χ2v) is 6.42. The van der Waals surface area contributed by atoms with Crippen LogP contribution in [0, 0.1) is 24.0 Å². The molecule has 0 heterocycles. The third-order valence-corrected chi connectivity index (χ3v) is 4.42. The Kier molecular flexibility index (Phi) is 5.26. The molecule has 2 rings (SSSR count). The lowest BCUT2D eigenvalue weighted by Crippen LogP contribution is -1.91. The summed E-state index contributed by atoms with van der Waals surface area (Å²) >= 11 is 7.54. The fourth-order valence-corrected chi connectivity index (χ4v) is 3.33. The first-order valence-electron chi connectivity index (χ1n) is 6.53. The van der Waals surface area contributed by atoms with Gasteiger partial charge < -0.3 is 0 Å². The predicted octanol–water partition coefficient (Wildman–Crippen LogP) is 5.30. The van der Waals surface area contributed by atoms with Crippen molar-refractivity contribution in [1.82, 2.24) is 0 Å². The van der Waals surface area contributed by atoms with Gasteiger partial charge in [-0.05, 0) is 31.0 Å². The number of nitrogens with zero attached hydrogens (tertiary/aromatic N) is 1. The van der Waals surface area contributed by atoms with Crippen molar-refractivity contribution >= 4 is 29.1 Å². The summed E-state index contributed by atoms with van der Waals surface area (Å²) in [4.78, 5) is 10.4. The lowest BCUT2D eigenvalue weighted by atomic mass is 10.1. The van der Waals surface area contributed by atoms with Crippen LogP contribution in [-0.4, -0.2) is 4.92 Å². The molecule has 2 aromatic carbocycles. The molecule has 0 bridgehead atoms. The van der Waals surface area contributed by atoms with Crippen molar-refractivity contribution in [1.29, 1.82) is 0 Å². The van der Waals surface area contributed by atoms with E-state index < -0.39 is 4.92 Å².